The third-order valence-corrected chi connectivity index (χ3v) is 3.66. The van der Waals surface area contributed by atoms with Crippen molar-refractivity contribution in [2.45, 2.75) is 96.8 Å². The summed E-state index contributed by atoms with van der Waals surface area (Å²) >= 11 is 0. The Kier molecular flexibility index (Phi) is 15.6. The predicted octanol–water partition coefficient (Wildman–Crippen LogP) is 5.98. The van der Waals surface area contributed by atoms with Crippen LogP contribution in [0.15, 0.2) is 12.2 Å². The second-order valence-corrected chi connectivity index (χ2v) is 5.71. The van der Waals surface area contributed by atoms with Gasteiger partial charge in [0.1, 0.15) is 0 Å². The van der Waals surface area contributed by atoms with Crippen molar-refractivity contribution in [3.63, 3.8) is 0 Å². The normalized spacial score (nSPS) is 11.2. The highest BCUT2D eigenvalue weighted by Gasteiger charge is 1.95. The van der Waals surface area contributed by atoms with E-state index < -0.39 is 5.97 Å². The Morgan fingerprint density at radius 2 is 1.15 bits per heavy atom. The summed E-state index contributed by atoms with van der Waals surface area (Å²) in [6.45, 7) is 2.26. The van der Waals surface area contributed by atoms with Crippen LogP contribution in [0.2, 0.25) is 0 Å². The molecule has 0 saturated carbocycles. The van der Waals surface area contributed by atoms with Crippen molar-refractivity contribution in [1.29, 1.82) is 0 Å². The summed E-state index contributed by atoms with van der Waals surface area (Å²) in [6, 6.07) is 0. The molecule has 0 bridgehead atoms. The van der Waals surface area contributed by atoms with Gasteiger partial charge in [-0.05, 0) is 19.3 Å². The number of carbonyl (C=O) groups is 1. The van der Waals surface area contributed by atoms with Gasteiger partial charge in [0.05, 0.1) is 6.42 Å². The zero-order valence-corrected chi connectivity index (χ0v) is 13.4. The van der Waals surface area contributed by atoms with Gasteiger partial charge in [0.15, 0.2) is 0 Å². The number of unbranched alkanes of at least 4 members (excludes halogenated alkanes) is 11. The van der Waals surface area contributed by atoms with Crippen LogP contribution in [0.4, 0.5) is 0 Å². The van der Waals surface area contributed by atoms with Gasteiger partial charge in [0.25, 0.3) is 0 Å². The lowest BCUT2D eigenvalue weighted by Crippen LogP contribution is -1.89. The van der Waals surface area contributed by atoms with Crippen molar-refractivity contribution in [2.75, 3.05) is 0 Å². The van der Waals surface area contributed by atoms with E-state index in [9.17, 15) is 9.90 Å². The Morgan fingerprint density at radius 1 is 0.700 bits per heavy atom. The van der Waals surface area contributed by atoms with Gasteiger partial charge >= 0.3 is 5.97 Å². The first kappa shape index (κ1) is 19.2. The molecule has 2 nitrogen and oxygen atoms in total. The molecule has 0 aromatic heterocycles. The maximum atomic E-state index is 10.2. The third-order valence-electron chi connectivity index (χ3n) is 3.66. The Balaban J connectivity index is 3.04. The molecule has 0 amide bonds. The Labute approximate surface area is 125 Å². The molecule has 0 aromatic rings. The lowest BCUT2D eigenvalue weighted by atomic mass is 10.1. The van der Waals surface area contributed by atoms with Crippen molar-refractivity contribution in [2.24, 2.45) is 0 Å². The monoisotopic (exact) mass is 281 g/mol. The van der Waals surface area contributed by atoms with E-state index in [0.29, 0.717) is 6.42 Å². The Bertz CT molecular complexity index is 234. The van der Waals surface area contributed by atoms with Gasteiger partial charge in [-0.15, -0.1) is 0 Å². The van der Waals surface area contributed by atoms with Gasteiger partial charge in [-0.25, -0.2) is 9.90 Å². The van der Waals surface area contributed by atoms with E-state index in [1.54, 1.807) is 0 Å². The number of hydrogen-bond acceptors (Lipinski definition) is 1. The fraction of sp³-hybridized carbons (Fsp3) is 0.833. The summed E-state index contributed by atoms with van der Waals surface area (Å²) in [4.78, 5) is 10.2. The van der Waals surface area contributed by atoms with Crippen LogP contribution >= 0.6 is 0 Å². The van der Waals surface area contributed by atoms with Crippen LogP contribution in [-0.2, 0) is 9.90 Å². The molecule has 0 aliphatic carbocycles. The summed E-state index contributed by atoms with van der Waals surface area (Å²) in [7, 11) is 0. The molecule has 0 spiro atoms. The highest BCUT2D eigenvalue weighted by Crippen LogP contribution is 2.12. The van der Waals surface area contributed by atoms with Crippen molar-refractivity contribution in [1.82, 2.24) is 0 Å². The van der Waals surface area contributed by atoms with Crippen LogP contribution in [-0.4, -0.2) is 5.97 Å². The molecule has 1 radical (unpaired) electrons. The largest absolute Gasteiger partial charge is 0.355 e. The van der Waals surface area contributed by atoms with E-state index in [2.05, 4.69) is 13.0 Å². The molecule has 0 N–H and O–H groups in total. The molecule has 0 aromatic carbocycles. The second kappa shape index (κ2) is 16.3. The molecule has 0 saturated heterocycles. The van der Waals surface area contributed by atoms with Crippen LogP contribution in [0.25, 0.3) is 0 Å². The third kappa shape index (κ3) is 17.2. The van der Waals surface area contributed by atoms with Crippen LogP contribution in [0, 0.1) is 0 Å². The Hall–Kier alpha value is -0.790. The summed E-state index contributed by atoms with van der Waals surface area (Å²) < 4.78 is 0. The standard InChI is InChI=1S/C18H33O2/c1-2-3-4-5-6-7-8-9-10-11-12-13-14-15-16-17-18(19)20/h14-15H,2-13,16-17H2,1H3. The SMILES string of the molecule is CCCCCCCCCCCCCC=CCCC([O])=O. The molecule has 117 valence electrons. The van der Waals surface area contributed by atoms with Crippen LogP contribution in [0.5, 0.6) is 0 Å². The molecule has 2 heteroatoms. The topological polar surface area (TPSA) is 37.0 Å². The summed E-state index contributed by atoms with van der Waals surface area (Å²) in [6.07, 6.45) is 21.0. The average molecular weight is 281 g/mol. The first-order chi connectivity index (χ1) is 9.77. The number of carbonyl (C=O) groups excluding carboxylic acids is 1. The molecule has 0 rings (SSSR count). The van der Waals surface area contributed by atoms with Crippen molar-refractivity contribution in [3.05, 3.63) is 12.2 Å². The maximum Gasteiger partial charge on any atom is 0.355 e. The molecule has 0 atom stereocenters. The van der Waals surface area contributed by atoms with E-state index in [0.717, 1.165) is 6.42 Å². The summed E-state index contributed by atoms with van der Waals surface area (Å²) in [5.41, 5.74) is 0. The maximum absolute atomic E-state index is 10.2. The van der Waals surface area contributed by atoms with E-state index in [1.165, 1.54) is 70.6 Å². The van der Waals surface area contributed by atoms with Crippen LogP contribution in [0.3, 0.4) is 0 Å². The van der Waals surface area contributed by atoms with Gasteiger partial charge < -0.3 is 0 Å². The molecule has 0 unspecified atom stereocenters. The molecule has 0 aliphatic heterocycles. The smallest absolute Gasteiger partial charge is 0.247 e. The molecule has 0 aliphatic rings. The predicted molar refractivity (Wildman–Crippen MR) is 85.1 cm³/mol. The number of hydrogen-bond donors (Lipinski definition) is 0. The molecule has 0 heterocycles. The van der Waals surface area contributed by atoms with E-state index in [-0.39, 0.29) is 6.42 Å². The molecular weight excluding hydrogens is 248 g/mol. The van der Waals surface area contributed by atoms with E-state index in [4.69, 9.17) is 0 Å². The zero-order valence-electron chi connectivity index (χ0n) is 13.4. The lowest BCUT2D eigenvalue weighted by Gasteiger charge is -2.01. The minimum Gasteiger partial charge on any atom is -0.247 e. The van der Waals surface area contributed by atoms with Gasteiger partial charge in [-0.3, -0.25) is 0 Å². The van der Waals surface area contributed by atoms with Gasteiger partial charge in [0.2, 0.25) is 0 Å². The minimum absolute atomic E-state index is 0.148. The highest BCUT2D eigenvalue weighted by atomic mass is 16.4. The number of allylic oxidation sites excluding steroid dienone is 2. The lowest BCUT2D eigenvalue weighted by molar-refractivity contribution is -0.142. The quantitative estimate of drug-likeness (QED) is 0.268. The van der Waals surface area contributed by atoms with Gasteiger partial charge in [-0.1, -0.05) is 83.3 Å². The molecule has 0 fully saturated rings. The molecule has 20 heavy (non-hydrogen) atoms. The average Bonchev–Trinajstić information content (AvgIpc) is 2.43. The number of rotatable bonds is 15. The fourth-order valence-electron chi connectivity index (χ4n) is 2.36. The van der Waals surface area contributed by atoms with Gasteiger partial charge in [0, 0.05) is 0 Å². The van der Waals surface area contributed by atoms with Crippen molar-refractivity contribution >= 4 is 5.97 Å². The zero-order chi connectivity index (χ0) is 14.9. The van der Waals surface area contributed by atoms with E-state index >= 15 is 0 Å². The summed E-state index contributed by atoms with van der Waals surface area (Å²) in [5.74, 6) is -0.954. The van der Waals surface area contributed by atoms with Crippen molar-refractivity contribution < 1.29 is 9.90 Å². The van der Waals surface area contributed by atoms with Gasteiger partial charge in [-0.2, -0.15) is 0 Å². The first-order valence-corrected chi connectivity index (χ1v) is 8.62. The first-order valence-electron chi connectivity index (χ1n) is 8.62. The minimum atomic E-state index is -0.954. The summed E-state index contributed by atoms with van der Waals surface area (Å²) in [5, 5.41) is 10.2. The van der Waals surface area contributed by atoms with Crippen LogP contribution < -0.4 is 0 Å². The van der Waals surface area contributed by atoms with Crippen LogP contribution in [0.1, 0.15) is 96.8 Å². The second-order valence-electron chi connectivity index (χ2n) is 5.71. The van der Waals surface area contributed by atoms with E-state index in [1.807, 2.05) is 6.08 Å². The Morgan fingerprint density at radius 3 is 1.65 bits per heavy atom. The molecular formula is C18H33O2. The fourth-order valence-corrected chi connectivity index (χ4v) is 2.36. The highest BCUT2D eigenvalue weighted by molar-refractivity contribution is 5.66. The van der Waals surface area contributed by atoms with Crippen molar-refractivity contribution in [3.8, 4) is 0 Å².